The molecule has 0 fully saturated rings. The van der Waals surface area contributed by atoms with E-state index >= 15 is 0 Å². The molecule has 0 aromatic heterocycles. The summed E-state index contributed by atoms with van der Waals surface area (Å²) in [6, 6.07) is 0. The second-order valence-corrected chi connectivity index (χ2v) is 33.6. The third-order valence-corrected chi connectivity index (χ3v) is 21.4. The van der Waals surface area contributed by atoms with Crippen LogP contribution in [0.1, 0.15) is 427 Å². The molecule has 0 aliphatic rings. The quantitative estimate of drug-likeness (QED) is 0.0222. The van der Waals surface area contributed by atoms with Gasteiger partial charge >= 0.3 is 39.5 Å². The first-order valence-corrected chi connectivity index (χ1v) is 45.4. The Morgan fingerprint density at radius 1 is 0.287 bits per heavy atom. The highest BCUT2D eigenvalue weighted by molar-refractivity contribution is 7.47. The fraction of sp³-hybridized carbons (Fsp3) is 0.951. The minimum absolute atomic E-state index is 0.107. The number of unbranched alkanes of at least 4 members (excludes halogenated alkanes) is 47. The Balaban J connectivity index is 5.24. The zero-order chi connectivity index (χ0) is 74.4. The molecule has 0 aliphatic heterocycles. The van der Waals surface area contributed by atoms with Gasteiger partial charge in [-0.1, -0.05) is 376 Å². The second kappa shape index (κ2) is 72.3. The molecule has 0 rings (SSSR count). The molecular formula is C82H160O17P2. The van der Waals surface area contributed by atoms with Gasteiger partial charge in [-0.25, -0.2) is 9.13 Å². The number of aliphatic hydroxyl groups is 1. The van der Waals surface area contributed by atoms with Crippen molar-refractivity contribution in [3.8, 4) is 0 Å². The Bertz CT molecular complexity index is 1960. The normalized spacial score (nSPS) is 14.2. The van der Waals surface area contributed by atoms with Crippen LogP contribution in [-0.2, 0) is 65.4 Å². The average molecular weight is 1480 g/mol. The first-order chi connectivity index (χ1) is 48.8. The molecule has 17 nitrogen and oxygen atoms in total. The van der Waals surface area contributed by atoms with Gasteiger partial charge in [-0.15, -0.1) is 0 Å². The van der Waals surface area contributed by atoms with Gasteiger partial charge in [0, 0.05) is 25.7 Å². The predicted octanol–water partition coefficient (Wildman–Crippen LogP) is 24.5. The van der Waals surface area contributed by atoms with Crippen LogP contribution in [0.2, 0.25) is 0 Å². The zero-order valence-electron chi connectivity index (χ0n) is 66.4. The third-order valence-electron chi connectivity index (χ3n) is 19.5. The molecule has 3 unspecified atom stereocenters. The van der Waals surface area contributed by atoms with E-state index < -0.39 is 97.5 Å². The minimum atomic E-state index is -4.96. The van der Waals surface area contributed by atoms with Gasteiger partial charge < -0.3 is 33.8 Å². The van der Waals surface area contributed by atoms with Gasteiger partial charge in [0.15, 0.2) is 12.2 Å². The molecule has 0 aliphatic carbocycles. The van der Waals surface area contributed by atoms with Crippen molar-refractivity contribution < 1.29 is 80.2 Å². The van der Waals surface area contributed by atoms with E-state index in [-0.39, 0.29) is 25.7 Å². The third kappa shape index (κ3) is 74.7. The van der Waals surface area contributed by atoms with Crippen molar-refractivity contribution in [2.75, 3.05) is 39.6 Å². The van der Waals surface area contributed by atoms with Gasteiger partial charge in [0.1, 0.15) is 19.3 Å². The lowest BCUT2D eigenvalue weighted by molar-refractivity contribution is -0.161. The maximum Gasteiger partial charge on any atom is 0.472 e. The van der Waals surface area contributed by atoms with Crippen LogP contribution in [-0.4, -0.2) is 96.7 Å². The number of phosphoric acid groups is 2. The van der Waals surface area contributed by atoms with Crippen molar-refractivity contribution in [1.29, 1.82) is 0 Å². The van der Waals surface area contributed by atoms with E-state index in [0.29, 0.717) is 25.7 Å². The van der Waals surface area contributed by atoms with Crippen LogP contribution in [0.25, 0.3) is 0 Å². The highest BCUT2D eigenvalue weighted by Crippen LogP contribution is 2.45. The Morgan fingerprint density at radius 2 is 0.505 bits per heavy atom. The molecule has 0 heterocycles. The van der Waals surface area contributed by atoms with Crippen LogP contribution in [0.5, 0.6) is 0 Å². The monoisotopic (exact) mass is 1480 g/mol. The summed E-state index contributed by atoms with van der Waals surface area (Å²) in [6.07, 6.45) is 60.9. The molecule has 19 heteroatoms. The van der Waals surface area contributed by atoms with Gasteiger partial charge in [0.05, 0.1) is 26.4 Å². The number of rotatable bonds is 80. The summed E-state index contributed by atoms with van der Waals surface area (Å²) in [4.78, 5) is 73.1. The van der Waals surface area contributed by atoms with Crippen LogP contribution < -0.4 is 0 Å². The average Bonchev–Trinajstić information content (AvgIpc) is 0.947. The highest BCUT2D eigenvalue weighted by Gasteiger charge is 2.30. The van der Waals surface area contributed by atoms with E-state index in [4.69, 9.17) is 37.0 Å². The lowest BCUT2D eigenvalue weighted by Gasteiger charge is -2.21. The van der Waals surface area contributed by atoms with E-state index in [1.54, 1.807) is 0 Å². The topological polar surface area (TPSA) is 237 Å². The van der Waals surface area contributed by atoms with Gasteiger partial charge in [-0.05, 0) is 43.4 Å². The van der Waals surface area contributed by atoms with E-state index in [9.17, 15) is 43.2 Å². The summed E-state index contributed by atoms with van der Waals surface area (Å²) < 4.78 is 68.8. The Hall–Kier alpha value is -1.94. The Morgan fingerprint density at radius 3 is 0.752 bits per heavy atom. The van der Waals surface area contributed by atoms with Gasteiger partial charge in [0.2, 0.25) is 0 Å². The maximum atomic E-state index is 13.1. The Kier molecular flexibility index (Phi) is 70.9. The number of carbonyl (C=O) groups excluding carboxylic acids is 4. The van der Waals surface area contributed by atoms with Gasteiger partial charge in [-0.2, -0.15) is 0 Å². The number of aliphatic hydroxyl groups excluding tert-OH is 1. The fourth-order valence-corrected chi connectivity index (χ4v) is 14.2. The number of hydrogen-bond acceptors (Lipinski definition) is 15. The summed E-state index contributed by atoms with van der Waals surface area (Å²) in [5.41, 5.74) is 0. The molecule has 0 bridgehead atoms. The lowest BCUT2D eigenvalue weighted by Crippen LogP contribution is -2.30. The molecule has 0 saturated carbocycles. The van der Waals surface area contributed by atoms with Crippen molar-refractivity contribution in [3.63, 3.8) is 0 Å². The van der Waals surface area contributed by atoms with Gasteiger partial charge in [0.25, 0.3) is 0 Å². The summed E-state index contributed by atoms with van der Waals surface area (Å²) in [7, 11) is -9.92. The SMILES string of the molecule is CCCCCCCCCCCCCCCC(=O)O[C@H](COC(=O)CCCCCCCCCCC(C)CC)COP(=O)(O)OC[C@H](O)COP(=O)(O)OC[C@@H](COC(=O)CCCCCCCCCCCCCCC(C)C)OC(=O)CCCCCCCCCCCCCCCCCCCCC(C)C. The predicted molar refractivity (Wildman–Crippen MR) is 414 cm³/mol. The number of carbonyl (C=O) groups is 4. The number of hydrogen-bond donors (Lipinski definition) is 3. The Labute approximate surface area is 619 Å². The molecule has 0 aromatic carbocycles. The van der Waals surface area contributed by atoms with Crippen LogP contribution in [0.4, 0.5) is 0 Å². The molecular weight excluding hydrogens is 1320 g/mol. The van der Waals surface area contributed by atoms with Crippen LogP contribution >= 0.6 is 15.6 Å². The summed E-state index contributed by atoms with van der Waals surface area (Å²) in [5.74, 6) is 0.271. The van der Waals surface area contributed by atoms with E-state index in [1.165, 1.54) is 238 Å². The van der Waals surface area contributed by atoms with Crippen LogP contribution in [0.15, 0.2) is 0 Å². The van der Waals surface area contributed by atoms with Crippen LogP contribution in [0, 0.1) is 17.8 Å². The molecule has 0 radical (unpaired) electrons. The summed E-state index contributed by atoms with van der Waals surface area (Å²) in [5, 5.41) is 10.6. The lowest BCUT2D eigenvalue weighted by atomic mass is 9.99. The molecule has 600 valence electrons. The largest absolute Gasteiger partial charge is 0.472 e. The summed E-state index contributed by atoms with van der Waals surface area (Å²) in [6.45, 7) is 12.0. The highest BCUT2D eigenvalue weighted by atomic mass is 31.2. The molecule has 6 atom stereocenters. The number of ether oxygens (including phenoxy) is 4. The van der Waals surface area contributed by atoms with Crippen molar-refractivity contribution in [2.45, 2.75) is 446 Å². The van der Waals surface area contributed by atoms with Crippen LogP contribution in [0.3, 0.4) is 0 Å². The molecule has 0 spiro atoms. The summed E-state index contributed by atoms with van der Waals surface area (Å²) >= 11 is 0. The first kappa shape index (κ1) is 99.1. The van der Waals surface area contributed by atoms with Crippen molar-refractivity contribution in [1.82, 2.24) is 0 Å². The maximum absolute atomic E-state index is 13.1. The molecule has 0 aromatic rings. The van der Waals surface area contributed by atoms with E-state index in [2.05, 4.69) is 48.5 Å². The first-order valence-electron chi connectivity index (χ1n) is 42.4. The standard InChI is InChI=1S/C82H160O17P2/c1-8-10-11-12-13-14-15-22-30-35-44-51-58-65-81(86)99-78(70-93-80(85)64-57-50-43-38-37-41-48-55-62-75(7)9-2)72-97-101(90,91)95-68-76(83)67-94-100(88,89)96-71-77(69-92-79(84)63-56-49-42-34-29-26-25-28-33-40-47-54-61-74(5)6)98-82(87)66-59-52-45-36-31-24-21-19-17-16-18-20-23-27-32-39-46-53-60-73(3)4/h73-78,83H,8-72H2,1-7H3,(H,88,89)(H,90,91)/t75?,76-,77-,78-/m1/s1. The molecule has 0 amide bonds. The molecule has 101 heavy (non-hydrogen) atoms. The van der Waals surface area contributed by atoms with E-state index in [1.807, 2.05) is 0 Å². The van der Waals surface area contributed by atoms with Crippen molar-refractivity contribution in [2.24, 2.45) is 17.8 Å². The van der Waals surface area contributed by atoms with Crippen molar-refractivity contribution >= 4 is 39.5 Å². The smallest absolute Gasteiger partial charge is 0.462 e. The van der Waals surface area contributed by atoms with Crippen molar-refractivity contribution in [3.05, 3.63) is 0 Å². The molecule has 0 saturated heterocycles. The van der Waals surface area contributed by atoms with Gasteiger partial charge in [-0.3, -0.25) is 37.3 Å². The van der Waals surface area contributed by atoms with E-state index in [0.717, 1.165) is 108 Å². The number of esters is 4. The zero-order valence-corrected chi connectivity index (χ0v) is 68.2. The molecule has 3 N–H and O–H groups in total. The minimum Gasteiger partial charge on any atom is -0.462 e. The fourth-order valence-electron chi connectivity index (χ4n) is 12.6. The number of phosphoric ester groups is 2. The second-order valence-electron chi connectivity index (χ2n) is 30.7.